The van der Waals surface area contributed by atoms with Gasteiger partial charge in [0.2, 0.25) is 0 Å². The lowest BCUT2D eigenvalue weighted by atomic mass is 9.99. The molecule has 0 radical (unpaired) electrons. The summed E-state index contributed by atoms with van der Waals surface area (Å²) in [6.45, 7) is 7.30. The predicted molar refractivity (Wildman–Crippen MR) is 405 cm³/mol. The van der Waals surface area contributed by atoms with Crippen molar-refractivity contribution in [2.24, 2.45) is 5.92 Å². The highest BCUT2D eigenvalue weighted by Crippen LogP contribution is 2.45. The summed E-state index contributed by atoms with van der Waals surface area (Å²) >= 11 is 0. The molecule has 0 amide bonds. The van der Waals surface area contributed by atoms with Crippen molar-refractivity contribution in [2.45, 2.75) is 445 Å². The van der Waals surface area contributed by atoms with Crippen LogP contribution in [0.25, 0.3) is 0 Å². The smallest absolute Gasteiger partial charge is 0.462 e. The van der Waals surface area contributed by atoms with E-state index in [1.807, 2.05) is 0 Å². The molecule has 0 heterocycles. The molecule has 0 aliphatic carbocycles. The first kappa shape index (κ1) is 97.1. The number of phosphoric acid groups is 2. The van der Waals surface area contributed by atoms with Crippen LogP contribution in [0.3, 0.4) is 0 Å². The molecule has 0 fully saturated rings. The average Bonchev–Trinajstić information content (AvgIpc) is 0.965. The van der Waals surface area contributed by atoms with Crippen LogP contribution in [0.1, 0.15) is 426 Å². The van der Waals surface area contributed by atoms with Gasteiger partial charge in [0.25, 0.3) is 0 Å². The quantitative estimate of drug-likeness (QED) is 0.0222. The minimum absolute atomic E-state index is 0.106. The van der Waals surface area contributed by atoms with Crippen molar-refractivity contribution >= 4 is 39.5 Å². The number of ether oxygens (including phenoxy) is 4. The number of hydrogen-bond acceptors (Lipinski definition) is 15. The van der Waals surface area contributed by atoms with Gasteiger partial charge >= 0.3 is 39.5 Å². The number of carbonyl (C=O) groups excluding carboxylic acids is 4. The summed E-state index contributed by atoms with van der Waals surface area (Å²) in [6, 6.07) is 0. The molecule has 0 aromatic rings. The van der Waals surface area contributed by atoms with Gasteiger partial charge in [-0.25, -0.2) is 9.13 Å². The standard InChI is InChI=1S/C80H156O17P2/c1-6-10-13-16-19-21-23-25-27-29-30-31-32-33-34-36-38-40-45-50-55-60-65-79(84)97-76(70-91-78(83)64-59-54-49-44-39-37-35-28-26-24-22-20-17-14-11-7-2)72-95-99(88,89)93-68-74(81)67-92-98(86,87)94-71-75(69-90-77(82)63-58-53-47-18-15-12-8-3)96-80(85)66-61-56-51-46-42-41-43-48-52-57-62-73(5)9-4/h73-76,81H,6-72H2,1-5H3,(H,86,87)(H,88,89)/t73?,74-,75+,76+/m0/s1. The van der Waals surface area contributed by atoms with Gasteiger partial charge in [-0.15, -0.1) is 0 Å². The van der Waals surface area contributed by atoms with E-state index in [4.69, 9.17) is 37.0 Å². The number of aliphatic hydroxyl groups excluding tert-OH is 1. The molecule has 0 saturated heterocycles. The number of phosphoric ester groups is 2. The van der Waals surface area contributed by atoms with Gasteiger partial charge in [0.1, 0.15) is 19.3 Å². The Kier molecular flexibility index (Phi) is 71.6. The fraction of sp³-hybridized carbons (Fsp3) is 0.950. The molecule has 0 saturated carbocycles. The van der Waals surface area contributed by atoms with Crippen molar-refractivity contribution in [3.63, 3.8) is 0 Å². The van der Waals surface area contributed by atoms with Crippen LogP contribution < -0.4 is 0 Å². The second-order valence-electron chi connectivity index (χ2n) is 29.1. The van der Waals surface area contributed by atoms with E-state index >= 15 is 0 Å². The predicted octanol–water partition coefficient (Wildman–Crippen LogP) is 24.0. The highest BCUT2D eigenvalue weighted by atomic mass is 31.2. The number of carbonyl (C=O) groups is 4. The third kappa shape index (κ3) is 72.8. The molecule has 588 valence electrons. The molecule has 99 heavy (non-hydrogen) atoms. The van der Waals surface area contributed by atoms with Crippen LogP contribution in [0.4, 0.5) is 0 Å². The van der Waals surface area contributed by atoms with Crippen LogP contribution in [-0.4, -0.2) is 96.7 Å². The van der Waals surface area contributed by atoms with Crippen molar-refractivity contribution in [1.29, 1.82) is 0 Å². The molecule has 0 spiro atoms. The number of aliphatic hydroxyl groups is 1. The zero-order chi connectivity index (χ0) is 72.7. The summed E-state index contributed by atoms with van der Waals surface area (Å²) in [5.74, 6) is -1.31. The summed E-state index contributed by atoms with van der Waals surface area (Å²) in [7, 11) is -9.91. The van der Waals surface area contributed by atoms with Crippen molar-refractivity contribution in [3.05, 3.63) is 0 Å². The average molecular weight is 1450 g/mol. The topological polar surface area (TPSA) is 237 Å². The van der Waals surface area contributed by atoms with E-state index in [2.05, 4.69) is 34.6 Å². The van der Waals surface area contributed by atoms with Gasteiger partial charge in [0.15, 0.2) is 12.2 Å². The summed E-state index contributed by atoms with van der Waals surface area (Å²) in [5, 5.41) is 10.6. The molecule has 0 aromatic carbocycles. The Morgan fingerprint density at radius 2 is 0.485 bits per heavy atom. The Morgan fingerprint density at radius 1 is 0.283 bits per heavy atom. The maximum atomic E-state index is 13.1. The third-order valence-electron chi connectivity index (χ3n) is 19.1. The molecule has 0 aliphatic heterocycles. The minimum atomic E-state index is -4.96. The lowest BCUT2D eigenvalue weighted by Crippen LogP contribution is -2.30. The largest absolute Gasteiger partial charge is 0.472 e. The molecule has 6 atom stereocenters. The maximum Gasteiger partial charge on any atom is 0.472 e. The van der Waals surface area contributed by atoms with Crippen LogP contribution >= 0.6 is 15.6 Å². The molecule has 0 rings (SSSR count). The molecular weight excluding hydrogens is 1290 g/mol. The molecule has 0 aromatic heterocycles. The Bertz CT molecular complexity index is 1890. The Labute approximate surface area is 607 Å². The normalized spacial score (nSPS) is 14.1. The molecule has 17 nitrogen and oxygen atoms in total. The van der Waals surface area contributed by atoms with Crippen LogP contribution in [0, 0.1) is 5.92 Å². The fourth-order valence-electron chi connectivity index (χ4n) is 12.4. The first-order valence-corrected chi connectivity index (χ1v) is 44.7. The third-order valence-corrected chi connectivity index (χ3v) is 21.0. The van der Waals surface area contributed by atoms with E-state index in [1.54, 1.807) is 0 Å². The number of hydrogen-bond donors (Lipinski definition) is 3. The van der Waals surface area contributed by atoms with Crippen molar-refractivity contribution in [1.82, 2.24) is 0 Å². The molecule has 3 unspecified atom stereocenters. The number of esters is 4. The van der Waals surface area contributed by atoms with Crippen molar-refractivity contribution in [2.75, 3.05) is 39.6 Å². The van der Waals surface area contributed by atoms with Gasteiger partial charge in [0.05, 0.1) is 26.4 Å². The highest BCUT2D eigenvalue weighted by molar-refractivity contribution is 7.47. The van der Waals surface area contributed by atoms with Gasteiger partial charge in [-0.2, -0.15) is 0 Å². The van der Waals surface area contributed by atoms with E-state index in [0.29, 0.717) is 25.7 Å². The minimum Gasteiger partial charge on any atom is -0.462 e. The molecular formula is C80H156O17P2. The van der Waals surface area contributed by atoms with Crippen LogP contribution in [-0.2, 0) is 65.4 Å². The summed E-state index contributed by atoms with van der Waals surface area (Å²) in [5.41, 5.74) is 0. The van der Waals surface area contributed by atoms with Crippen LogP contribution in [0.5, 0.6) is 0 Å². The van der Waals surface area contributed by atoms with E-state index in [-0.39, 0.29) is 25.7 Å². The van der Waals surface area contributed by atoms with E-state index in [0.717, 1.165) is 109 Å². The lowest BCUT2D eigenvalue weighted by Gasteiger charge is -2.21. The number of rotatable bonds is 80. The van der Waals surface area contributed by atoms with Gasteiger partial charge in [-0.05, 0) is 31.6 Å². The molecule has 3 N–H and O–H groups in total. The summed E-state index contributed by atoms with van der Waals surface area (Å²) < 4.78 is 68.6. The number of unbranched alkanes of at least 4 members (excludes halogenated alkanes) is 51. The lowest BCUT2D eigenvalue weighted by molar-refractivity contribution is -0.161. The van der Waals surface area contributed by atoms with Crippen LogP contribution in [0.15, 0.2) is 0 Å². The molecule has 0 bridgehead atoms. The summed E-state index contributed by atoms with van der Waals surface area (Å²) in [4.78, 5) is 72.8. The first-order chi connectivity index (χ1) is 48.1. The van der Waals surface area contributed by atoms with E-state index in [9.17, 15) is 43.2 Å². The second-order valence-corrected chi connectivity index (χ2v) is 32.0. The van der Waals surface area contributed by atoms with Crippen LogP contribution in [0.2, 0.25) is 0 Å². The van der Waals surface area contributed by atoms with Gasteiger partial charge < -0.3 is 33.8 Å². The Morgan fingerprint density at radius 3 is 0.717 bits per heavy atom. The Balaban J connectivity index is 5.16. The zero-order valence-corrected chi connectivity index (χ0v) is 66.4. The molecule has 0 aliphatic rings. The SMILES string of the molecule is CCCCCCCCCCCCCCCCCCCCCCCCC(=O)O[C@H](COC(=O)CCCCCCCCCCCCCCCCCC)COP(=O)(O)OC[C@@H](O)COP(=O)(O)OC[C@@H](COC(=O)CCCCCCCCC)OC(=O)CCCCCCCCCCCCC(C)CC. The zero-order valence-electron chi connectivity index (χ0n) is 64.6. The first-order valence-electron chi connectivity index (χ1n) is 41.7. The van der Waals surface area contributed by atoms with Crippen molar-refractivity contribution < 1.29 is 80.2 Å². The second kappa shape index (κ2) is 73.0. The van der Waals surface area contributed by atoms with Crippen molar-refractivity contribution in [3.8, 4) is 0 Å². The van der Waals surface area contributed by atoms with Gasteiger partial charge in [0, 0.05) is 25.7 Å². The van der Waals surface area contributed by atoms with Gasteiger partial charge in [-0.3, -0.25) is 37.3 Å². The highest BCUT2D eigenvalue weighted by Gasteiger charge is 2.30. The molecule has 19 heteroatoms. The van der Waals surface area contributed by atoms with Gasteiger partial charge in [-0.1, -0.05) is 375 Å². The maximum absolute atomic E-state index is 13.1. The Hall–Kier alpha value is -1.94. The van der Waals surface area contributed by atoms with E-state index < -0.39 is 97.5 Å². The van der Waals surface area contributed by atoms with E-state index in [1.165, 1.54) is 238 Å². The monoisotopic (exact) mass is 1450 g/mol. The summed E-state index contributed by atoms with van der Waals surface area (Å²) in [6.07, 6.45) is 64.0. The fourth-order valence-corrected chi connectivity index (χ4v) is 14.0.